The molecule has 0 saturated heterocycles. The van der Waals surface area contributed by atoms with Crippen LogP contribution in [-0.2, 0) is 6.54 Å². The summed E-state index contributed by atoms with van der Waals surface area (Å²) < 4.78 is 0. The largest absolute Gasteiger partial charge is 0.299 e. The van der Waals surface area contributed by atoms with Gasteiger partial charge >= 0.3 is 0 Å². The highest BCUT2D eigenvalue weighted by Crippen LogP contribution is 2.09. The summed E-state index contributed by atoms with van der Waals surface area (Å²) in [6.45, 7) is 6.97. The van der Waals surface area contributed by atoms with Crippen molar-refractivity contribution in [3.8, 4) is 12.3 Å². The van der Waals surface area contributed by atoms with Crippen molar-refractivity contribution in [2.45, 2.75) is 46.2 Å². The number of nitrogens with zero attached hydrogens (tertiary/aromatic N) is 1. The molecular formula is C12H19N3. The van der Waals surface area contributed by atoms with Gasteiger partial charge in [-0.15, -0.1) is 6.42 Å². The van der Waals surface area contributed by atoms with Gasteiger partial charge in [-0.1, -0.05) is 19.3 Å². The molecule has 1 unspecified atom stereocenters. The van der Waals surface area contributed by atoms with Crippen molar-refractivity contribution in [1.82, 2.24) is 15.5 Å². The molecule has 1 aromatic rings. The van der Waals surface area contributed by atoms with E-state index in [0.29, 0.717) is 0 Å². The summed E-state index contributed by atoms with van der Waals surface area (Å²) in [5.41, 5.74) is 3.39. The van der Waals surface area contributed by atoms with Gasteiger partial charge < -0.3 is 0 Å². The monoisotopic (exact) mass is 205 g/mol. The van der Waals surface area contributed by atoms with E-state index in [0.717, 1.165) is 30.8 Å². The predicted octanol–water partition coefficient (Wildman–Crippen LogP) is 1.92. The topological polar surface area (TPSA) is 40.7 Å². The van der Waals surface area contributed by atoms with Gasteiger partial charge in [0.05, 0.1) is 11.7 Å². The molecule has 3 heteroatoms. The van der Waals surface area contributed by atoms with E-state index < -0.39 is 0 Å². The van der Waals surface area contributed by atoms with Crippen LogP contribution < -0.4 is 5.32 Å². The van der Waals surface area contributed by atoms with E-state index in [-0.39, 0.29) is 6.04 Å². The van der Waals surface area contributed by atoms with Crippen LogP contribution >= 0.6 is 0 Å². The average molecular weight is 205 g/mol. The van der Waals surface area contributed by atoms with Crippen molar-refractivity contribution in [3.63, 3.8) is 0 Å². The van der Waals surface area contributed by atoms with Crippen molar-refractivity contribution in [1.29, 1.82) is 0 Å². The van der Waals surface area contributed by atoms with Crippen molar-refractivity contribution in [2.24, 2.45) is 0 Å². The van der Waals surface area contributed by atoms with Gasteiger partial charge in [0.2, 0.25) is 0 Å². The normalized spacial score (nSPS) is 12.4. The third-order valence-corrected chi connectivity index (χ3v) is 2.58. The summed E-state index contributed by atoms with van der Waals surface area (Å²) in [7, 11) is 0. The van der Waals surface area contributed by atoms with Gasteiger partial charge in [-0.05, 0) is 20.3 Å². The van der Waals surface area contributed by atoms with E-state index in [1.807, 2.05) is 13.8 Å². The maximum Gasteiger partial charge on any atom is 0.0689 e. The number of H-pyrrole nitrogens is 1. The fourth-order valence-corrected chi connectivity index (χ4v) is 1.59. The summed E-state index contributed by atoms with van der Waals surface area (Å²) in [6, 6.07) is 0.170. The Morgan fingerprint density at radius 2 is 2.27 bits per heavy atom. The van der Waals surface area contributed by atoms with Gasteiger partial charge in [0.1, 0.15) is 0 Å². The van der Waals surface area contributed by atoms with Crippen LogP contribution in [0.15, 0.2) is 0 Å². The first kappa shape index (κ1) is 11.8. The summed E-state index contributed by atoms with van der Waals surface area (Å²) >= 11 is 0. The van der Waals surface area contributed by atoms with Crippen molar-refractivity contribution >= 4 is 0 Å². The fourth-order valence-electron chi connectivity index (χ4n) is 1.59. The molecule has 0 aliphatic heterocycles. The Bertz CT molecular complexity index is 327. The third-order valence-electron chi connectivity index (χ3n) is 2.58. The van der Waals surface area contributed by atoms with E-state index >= 15 is 0 Å². The van der Waals surface area contributed by atoms with Crippen LogP contribution in [0.2, 0.25) is 0 Å². The zero-order valence-corrected chi connectivity index (χ0v) is 9.72. The first-order valence-electron chi connectivity index (χ1n) is 5.39. The molecule has 0 bridgehead atoms. The molecule has 0 radical (unpaired) electrons. The van der Waals surface area contributed by atoms with E-state index in [1.165, 1.54) is 5.56 Å². The lowest BCUT2D eigenvalue weighted by Gasteiger charge is -2.11. The maximum atomic E-state index is 5.44. The van der Waals surface area contributed by atoms with Crippen LogP contribution in [-0.4, -0.2) is 16.2 Å². The molecule has 0 aliphatic carbocycles. The number of rotatable bonds is 5. The lowest BCUT2D eigenvalue weighted by Crippen LogP contribution is -2.27. The maximum absolute atomic E-state index is 5.44. The average Bonchev–Trinajstić information content (AvgIpc) is 2.54. The Hall–Kier alpha value is -1.27. The van der Waals surface area contributed by atoms with Crippen molar-refractivity contribution in [3.05, 3.63) is 17.0 Å². The second-order valence-corrected chi connectivity index (χ2v) is 3.80. The molecule has 1 heterocycles. The second-order valence-electron chi connectivity index (χ2n) is 3.80. The zero-order valence-electron chi connectivity index (χ0n) is 9.72. The number of hydrogen-bond donors (Lipinski definition) is 2. The molecule has 1 aromatic heterocycles. The predicted molar refractivity (Wildman–Crippen MR) is 62.4 cm³/mol. The third kappa shape index (κ3) is 3.10. The molecule has 0 aromatic carbocycles. The van der Waals surface area contributed by atoms with Gasteiger partial charge in [0, 0.05) is 17.8 Å². The molecule has 1 rings (SSSR count). The Balaban J connectivity index is 2.53. The zero-order chi connectivity index (χ0) is 11.3. The van der Waals surface area contributed by atoms with Crippen molar-refractivity contribution < 1.29 is 0 Å². The van der Waals surface area contributed by atoms with Crippen LogP contribution in [0.3, 0.4) is 0 Å². The van der Waals surface area contributed by atoms with Crippen LogP contribution in [0, 0.1) is 26.2 Å². The Morgan fingerprint density at radius 1 is 1.53 bits per heavy atom. The highest BCUT2D eigenvalue weighted by molar-refractivity contribution is 5.23. The summed E-state index contributed by atoms with van der Waals surface area (Å²) in [6.07, 6.45) is 7.56. The minimum Gasteiger partial charge on any atom is -0.299 e. The molecule has 0 spiro atoms. The molecule has 0 aliphatic rings. The van der Waals surface area contributed by atoms with Crippen molar-refractivity contribution in [2.75, 3.05) is 0 Å². The Kier molecular flexibility index (Phi) is 4.38. The second kappa shape index (κ2) is 5.57. The number of nitrogens with one attached hydrogen (secondary N) is 2. The summed E-state index contributed by atoms with van der Waals surface area (Å²) in [5.74, 6) is 2.76. The summed E-state index contributed by atoms with van der Waals surface area (Å²) in [5, 5.41) is 10.5. The molecule has 2 N–H and O–H groups in total. The molecule has 82 valence electrons. The Morgan fingerprint density at radius 3 is 2.73 bits per heavy atom. The lowest BCUT2D eigenvalue weighted by atomic mass is 10.1. The standard InChI is InChI=1S/C12H19N3/c1-5-7-11(6-2)13-8-12-9(3)14-15-10(12)4/h2,11,13H,5,7-8H2,1,3-4H3,(H,14,15). The van der Waals surface area contributed by atoms with Gasteiger partial charge in [-0.25, -0.2) is 0 Å². The number of aromatic nitrogens is 2. The molecule has 0 saturated carbocycles. The number of aromatic amines is 1. The highest BCUT2D eigenvalue weighted by atomic mass is 15.1. The smallest absolute Gasteiger partial charge is 0.0689 e. The molecule has 3 nitrogen and oxygen atoms in total. The van der Waals surface area contributed by atoms with Gasteiger partial charge in [0.15, 0.2) is 0 Å². The molecule has 1 atom stereocenters. The highest BCUT2D eigenvalue weighted by Gasteiger charge is 2.08. The summed E-state index contributed by atoms with van der Waals surface area (Å²) in [4.78, 5) is 0. The van der Waals surface area contributed by atoms with Gasteiger partial charge in [-0.2, -0.15) is 5.10 Å². The minimum atomic E-state index is 0.170. The number of hydrogen-bond acceptors (Lipinski definition) is 2. The van der Waals surface area contributed by atoms with E-state index in [4.69, 9.17) is 6.42 Å². The molecular weight excluding hydrogens is 186 g/mol. The Labute approximate surface area is 91.7 Å². The SMILES string of the molecule is C#CC(CCC)NCc1c(C)n[nH]c1C. The van der Waals surface area contributed by atoms with E-state index in [9.17, 15) is 0 Å². The van der Waals surface area contributed by atoms with E-state index in [2.05, 4.69) is 28.4 Å². The minimum absolute atomic E-state index is 0.170. The van der Waals surface area contributed by atoms with Crippen LogP contribution in [0.1, 0.15) is 36.7 Å². The fraction of sp³-hybridized carbons (Fsp3) is 0.583. The van der Waals surface area contributed by atoms with Crippen LogP contribution in [0.25, 0.3) is 0 Å². The van der Waals surface area contributed by atoms with Crippen LogP contribution in [0.5, 0.6) is 0 Å². The lowest BCUT2D eigenvalue weighted by molar-refractivity contribution is 0.561. The molecule has 15 heavy (non-hydrogen) atoms. The molecule has 0 amide bonds. The first-order valence-corrected chi connectivity index (χ1v) is 5.39. The molecule has 0 fully saturated rings. The van der Waals surface area contributed by atoms with Crippen LogP contribution in [0.4, 0.5) is 0 Å². The first-order chi connectivity index (χ1) is 7.19. The number of aryl methyl sites for hydroxylation is 2. The van der Waals surface area contributed by atoms with E-state index in [1.54, 1.807) is 0 Å². The van der Waals surface area contributed by atoms with Gasteiger partial charge in [0.25, 0.3) is 0 Å². The van der Waals surface area contributed by atoms with Gasteiger partial charge in [-0.3, -0.25) is 10.4 Å². The quantitative estimate of drug-likeness (QED) is 0.721. The number of terminal acetylenes is 1.